The van der Waals surface area contributed by atoms with E-state index in [2.05, 4.69) is 20.4 Å². The van der Waals surface area contributed by atoms with Crippen LogP contribution >= 0.6 is 23.2 Å². The quantitative estimate of drug-likeness (QED) is 0.195. The van der Waals surface area contributed by atoms with Gasteiger partial charge in [0.2, 0.25) is 11.8 Å². The van der Waals surface area contributed by atoms with Gasteiger partial charge < -0.3 is 20.4 Å². The molecular formula is C39H46Cl2N10O2. The van der Waals surface area contributed by atoms with Gasteiger partial charge in [-0.05, 0) is 13.8 Å². The summed E-state index contributed by atoms with van der Waals surface area (Å²) in [5.41, 5.74) is 6.35. The molecule has 3 saturated heterocycles. The lowest BCUT2D eigenvalue weighted by molar-refractivity contribution is -0.157. The number of hydrogen-bond acceptors (Lipinski definition) is 10. The minimum absolute atomic E-state index is 0.112. The molecule has 0 aliphatic carbocycles. The highest BCUT2D eigenvalue weighted by Crippen LogP contribution is 2.43. The van der Waals surface area contributed by atoms with Crippen molar-refractivity contribution in [1.29, 1.82) is 0 Å². The number of amides is 2. The number of aromatic nitrogens is 4. The van der Waals surface area contributed by atoms with E-state index in [0.717, 1.165) is 84.5 Å². The van der Waals surface area contributed by atoms with E-state index >= 15 is 0 Å². The van der Waals surface area contributed by atoms with Crippen molar-refractivity contribution in [1.82, 2.24) is 39.5 Å². The molecule has 0 unspecified atom stereocenters. The molecule has 2 aromatic carbocycles. The largest absolute Gasteiger partial charge is 0.369 e. The lowest BCUT2D eigenvalue weighted by atomic mass is 9.73. The van der Waals surface area contributed by atoms with Crippen molar-refractivity contribution >= 4 is 46.7 Å². The van der Waals surface area contributed by atoms with Gasteiger partial charge >= 0.3 is 0 Å². The van der Waals surface area contributed by atoms with Crippen molar-refractivity contribution in [3.63, 3.8) is 0 Å². The van der Waals surface area contributed by atoms with Crippen LogP contribution in [0.3, 0.4) is 0 Å². The Morgan fingerprint density at radius 2 is 1.11 bits per heavy atom. The number of carbonyl (C=O) groups is 2. The molecule has 7 rings (SSSR count). The number of carbonyl (C=O) groups excluding carboxylic acids is 2. The number of nitrogens with zero attached hydrogens (tertiary/aromatic N) is 8. The second-order valence-corrected chi connectivity index (χ2v) is 15.1. The van der Waals surface area contributed by atoms with Gasteiger partial charge in [-0.1, -0.05) is 59.6 Å². The highest BCUT2D eigenvalue weighted by Gasteiger charge is 2.52. The molecule has 14 heteroatoms. The van der Waals surface area contributed by atoms with Crippen LogP contribution in [-0.2, 0) is 22.7 Å². The molecule has 4 aromatic rings. The van der Waals surface area contributed by atoms with Crippen LogP contribution in [0.4, 0.5) is 11.6 Å². The monoisotopic (exact) mass is 756 g/mol. The summed E-state index contributed by atoms with van der Waals surface area (Å²) in [6, 6.07) is 11.7. The molecule has 0 atom stereocenters. The molecule has 2 N–H and O–H groups in total. The summed E-state index contributed by atoms with van der Waals surface area (Å²) < 4.78 is 0. The SMILES string of the molecule is CCNc1nc(-c2cccc(-c3cccc(-c4cnc(CN5CC6(C5)CN(C(C)=O)C6)c(NCC)n4)c3Cl)c2Cl)cnc1CN1CCN(C(C)=O)CC1. The molecule has 3 aliphatic heterocycles. The Morgan fingerprint density at radius 3 is 1.57 bits per heavy atom. The molecule has 5 heterocycles. The summed E-state index contributed by atoms with van der Waals surface area (Å²) in [7, 11) is 0. The van der Waals surface area contributed by atoms with E-state index in [4.69, 9.17) is 43.1 Å². The topological polar surface area (TPSA) is 123 Å². The van der Waals surface area contributed by atoms with Gasteiger partial charge in [-0.15, -0.1) is 0 Å². The van der Waals surface area contributed by atoms with E-state index in [1.807, 2.05) is 60.0 Å². The summed E-state index contributed by atoms with van der Waals surface area (Å²) in [6.07, 6.45) is 3.57. The minimum Gasteiger partial charge on any atom is -0.369 e. The van der Waals surface area contributed by atoms with Crippen molar-refractivity contribution in [3.05, 3.63) is 70.2 Å². The van der Waals surface area contributed by atoms with Crippen LogP contribution in [0.15, 0.2) is 48.8 Å². The van der Waals surface area contributed by atoms with Crippen LogP contribution in [0.1, 0.15) is 39.1 Å². The number of anilines is 2. The Balaban J connectivity index is 1.11. The van der Waals surface area contributed by atoms with Gasteiger partial charge in [0, 0.05) is 120 Å². The molecule has 278 valence electrons. The molecule has 2 amide bonds. The first-order chi connectivity index (χ1) is 25.6. The molecule has 3 fully saturated rings. The number of likely N-dealkylation sites (tertiary alicyclic amines) is 2. The number of nitrogens with one attached hydrogen (secondary N) is 2. The number of hydrogen-bond donors (Lipinski definition) is 2. The molecule has 2 aromatic heterocycles. The molecule has 53 heavy (non-hydrogen) atoms. The summed E-state index contributed by atoms with van der Waals surface area (Å²) in [5, 5.41) is 7.85. The number of benzene rings is 2. The maximum Gasteiger partial charge on any atom is 0.219 e. The van der Waals surface area contributed by atoms with E-state index in [-0.39, 0.29) is 17.2 Å². The van der Waals surface area contributed by atoms with Crippen LogP contribution in [0, 0.1) is 5.41 Å². The van der Waals surface area contributed by atoms with E-state index in [1.165, 1.54) is 0 Å². The Labute approximate surface area is 320 Å². The molecule has 0 radical (unpaired) electrons. The average Bonchev–Trinajstić information content (AvgIpc) is 3.11. The normalized spacial score (nSPS) is 17.0. The Hall–Kier alpha value is -4.36. The zero-order chi connectivity index (χ0) is 37.3. The van der Waals surface area contributed by atoms with Gasteiger partial charge in [0.15, 0.2) is 0 Å². The van der Waals surface area contributed by atoms with Gasteiger partial charge in [-0.3, -0.25) is 29.4 Å². The molecular weight excluding hydrogens is 711 g/mol. The van der Waals surface area contributed by atoms with Crippen LogP contribution in [0.25, 0.3) is 33.6 Å². The van der Waals surface area contributed by atoms with Crippen molar-refractivity contribution in [2.45, 2.75) is 40.8 Å². The molecule has 0 bridgehead atoms. The number of halogens is 2. The number of piperazine rings is 1. The summed E-state index contributed by atoms with van der Waals surface area (Å²) in [6.45, 7) is 16.6. The smallest absolute Gasteiger partial charge is 0.219 e. The van der Waals surface area contributed by atoms with Crippen LogP contribution in [0.2, 0.25) is 10.0 Å². The molecule has 3 aliphatic rings. The second kappa shape index (κ2) is 15.5. The van der Waals surface area contributed by atoms with Gasteiger partial charge in [0.05, 0.1) is 45.2 Å². The highest BCUT2D eigenvalue weighted by atomic mass is 35.5. The van der Waals surface area contributed by atoms with Crippen molar-refractivity contribution in [2.75, 3.05) is 76.1 Å². The maximum absolute atomic E-state index is 11.8. The first-order valence-corrected chi connectivity index (χ1v) is 19.1. The van der Waals surface area contributed by atoms with Crippen molar-refractivity contribution in [3.8, 4) is 33.6 Å². The predicted molar refractivity (Wildman–Crippen MR) is 210 cm³/mol. The summed E-state index contributed by atoms with van der Waals surface area (Å²) in [5.74, 6) is 1.72. The standard InChI is InChI=1S/C39H46Cl2N10O2/c1-5-42-37-33(19-48-13-15-50(16-14-48)25(3)52)44-17-31(46-37)29-11-7-9-27(35(29)40)28-10-8-12-30(36(28)41)32-18-45-34(38(47-32)43-6-2)20-49-21-39(22-49)23-51(24-39)26(4)53/h7-12,17-18H,5-6,13-16,19-24H2,1-4H3,(H,42,46)(H,43,47). The van der Waals surface area contributed by atoms with Crippen LogP contribution < -0.4 is 10.6 Å². The summed E-state index contributed by atoms with van der Waals surface area (Å²) >= 11 is 14.4. The van der Waals surface area contributed by atoms with Crippen LogP contribution in [0.5, 0.6) is 0 Å². The first-order valence-electron chi connectivity index (χ1n) is 18.3. The Kier molecular flexibility index (Phi) is 10.8. The van der Waals surface area contributed by atoms with E-state index < -0.39 is 0 Å². The fourth-order valence-electron chi connectivity index (χ4n) is 7.66. The molecule has 12 nitrogen and oxygen atoms in total. The zero-order valence-electron chi connectivity index (χ0n) is 30.8. The van der Waals surface area contributed by atoms with Crippen LogP contribution in [-0.4, -0.2) is 117 Å². The van der Waals surface area contributed by atoms with Gasteiger partial charge in [-0.2, -0.15) is 0 Å². The van der Waals surface area contributed by atoms with Crippen molar-refractivity contribution < 1.29 is 9.59 Å². The third-order valence-corrected chi connectivity index (χ3v) is 11.2. The lowest BCUT2D eigenvalue weighted by Gasteiger charge is -2.60. The Bertz CT molecular complexity index is 2000. The third kappa shape index (κ3) is 7.68. The number of rotatable bonds is 11. The average molecular weight is 758 g/mol. The predicted octanol–water partition coefficient (Wildman–Crippen LogP) is 5.77. The highest BCUT2D eigenvalue weighted by molar-refractivity contribution is 6.39. The van der Waals surface area contributed by atoms with Crippen molar-refractivity contribution in [2.24, 2.45) is 5.41 Å². The van der Waals surface area contributed by atoms with Gasteiger partial charge in [0.1, 0.15) is 11.6 Å². The fourth-order valence-corrected chi connectivity index (χ4v) is 8.31. The second-order valence-electron chi connectivity index (χ2n) is 14.3. The summed E-state index contributed by atoms with van der Waals surface area (Å²) in [4.78, 5) is 51.6. The minimum atomic E-state index is 0.112. The molecule has 1 spiro atoms. The maximum atomic E-state index is 11.8. The van der Waals surface area contributed by atoms with Gasteiger partial charge in [0.25, 0.3) is 0 Å². The van der Waals surface area contributed by atoms with E-state index in [1.54, 1.807) is 26.2 Å². The third-order valence-electron chi connectivity index (χ3n) is 10.4. The van der Waals surface area contributed by atoms with E-state index in [9.17, 15) is 9.59 Å². The molecule has 0 saturated carbocycles. The Morgan fingerprint density at radius 1 is 0.660 bits per heavy atom. The first kappa shape index (κ1) is 37.0. The lowest BCUT2D eigenvalue weighted by Crippen LogP contribution is -2.72. The fraction of sp³-hybridized carbons (Fsp3) is 0.436. The van der Waals surface area contributed by atoms with E-state index in [0.29, 0.717) is 60.7 Å². The zero-order valence-corrected chi connectivity index (χ0v) is 32.3. The van der Waals surface area contributed by atoms with Gasteiger partial charge in [-0.25, -0.2) is 9.97 Å².